The Labute approximate surface area is 164 Å². The largest absolute Gasteiger partial charge is 0.478 e. The number of rotatable bonds is 7. The van der Waals surface area contributed by atoms with E-state index in [0.29, 0.717) is 5.69 Å². The van der Waals surface area contributed by atoms with E-state index in [-0.39, 0.29) is 11.5 Å². The Hall–Kier alpha value is -3.66. The molecular formula is C24H21NO3. The van der Waals surface area contributed by atoms with Gasteiger partial charge in [0.1, 0.15) is 0 Å². The van der Waals surface area contributed by atoms with Gasteiger partial charge in [0.2, 0.25) is 5.91 Å². The summed E-state index contributed by atoms with van der Waals surface area (Å²) in [5.41, 5.74) is 3.45. The van der Waals surface area contributed by atoms with Gasteiger partial charge in [0.05, 0.1) is 11.3 Å². The molecule has 3 rings (SSSR count). The fraction of sp³-hybridized carbons (Fsp3) is 0.0833. The number of carbonyl (C=O) groups excluding carboxylic acids is 1. The van der Waals surface area contributed by atoms with E-state index in [0.717, 1.165) is 24.0 Å². The van der Waals surface area contributed by atoms with Crippen molar-refractivity contribution in [2.45, 2.75) is 12.8 Å². The number of amides is 1. The first-order chi connectivity index (χ1) is 13.6. The molecule has 2 N–H and O–H groups in total. The summed E-state index contributed by atoms with van der Waals surface area (Å²) in [5.74, 6) is -1.44. The first-order valence-electron chi connectivity index (χ1n) is 9.06. The number of hydrogen-bond acceptors (Lipinski definition) is 2. The molecule has 4 heteroatoms. The number of aryl methyl sites for hydroxylation is 2. The van der Waals surface area contributed by atoms with E-state index in [9.17, 15) is 14.7 Å². The van der Waals surface area contributed by atoms with E-state index < -0.39 is 5.97 Å². The Bertz CT molecular complexity index is 979. The molecule has 0 radical (unpaired) electrons. The normalized spacial score (nSPS) is 10.7. The van der Waals surface area contributed by atoms with Crippen LogP contribution in [-0.2, 0) is 17.6 Å². The lowest BCUT2D eigenvalue weighted by Crippen LogP contribution is -2.12. The average Bonchev–Trinajstić information content (AvgIpc) is 2.72. The first-order valence-corrected chi connectivity index (χ1v) is 9.06. The van der Waals surface area contributed by atoms with Gasteiger partial charge in [-0.3, -0.25) is 4.79 Å². The van der Waals surface area contributed by atoms with E-state index in [1.54, 1.807) is 24.3 Å². The van der Waals surface area contributed by atoms with Crippen LogP contribution in [0.1, 0.15) is 27.0 Å². The number of nitrogens with one attached hydrogen (secondary N) is 1. The predicted octanol–water partition coefficient (Wildman–Crippen LogP) is 4.82. The predicted molar refractivity (Wildman–Crippen MR) is 111 cm³/mol. The molecule has 0 unspecified atom stereocenters. The molecule has 0 saturated carbocycles. The molecule has 0 aliphatic carbocycles. The Morgan fingerprint density at radius 2 is 1.46 bits per heavy atom. The van der Waals surface area contributed by atoms with Crippen molar-refractivity contribution < 1.29 is 14.7 Å². The molecule has 0 atom stereocenters. The number of carboxylic acid groups (broad SMARTS) is 1. The van der Waals surface area contributed by atoms with Crippen molar-refractivity contribution in [2.24, 2.45) is 0 Å². The SMILES string of the molecule is O=C(/C=C/c1ccccc1)Nc1cc(CCc2ccccc2)ccc1C(=O)O. The maximum Gasteiger partial charge on any atom is 0.337 e. The highest BCUT2D eigenvalue weighted by atomic mass is 16.4. The van der Waals surface area contributed by atoms with Gasteiger partial charge in [0.15, 0.2) is 0 Å². The third-order valence-electron chi connectivity index (χ3n) is 4.34. The van der Waals surface area contributed by atoms with Crippen LogP contribution in [0, 0.1) is 0 Å². The Morgan fingerprint density at radius 1 is 0.821 bits per heavy atom. The zero-order valence-corrected chi connectivity index (χ0v) is 15.3. The third-order valence-corrected chi connectivity index (χ3v) is 4.34. The summed E-state index contributed by atoms with van der Waals surface area (Å²) in [6.45, 7) is 0. The highest BCUT2D eigenvalue weighted by Crippen LogP contribution is 2.20. The van der Waals surface area contributed by atoms with Crippen LogP contribution >= 0.6 is 0 Å². The summed E-state index contributed by atoms with van der Waals surface area (Å²) in [6, 6.07) is 24.6. The molecular weight excluding hydrogens is 350 g/mol. The van der Waals surface area contributed by atoms with Gasteiger partial charge in [-0.2, -0.15) is 0 Å². The Morgan fingerprint density at radius 3 is 2.14 bits per heavy atom. The molecule has 0 aliphatic heterocycles. The van der Waals surface area contributed by atoms with Crippen molar-refractivity contribution in [1.29, 1.82) is 0 Å². The smallest absolute Gasteiger partial charge is 0.337 e. The number of carboxylic acids is 1. The van der Waals surface area contributed by atoms with Gasteiger partial charge in [0, 0.05) is 6.08 Å². The van der Waals surface area contributed by atoms with Gasteiger partial charge in [-0.05, 0) is 47.7 Å². The van der Waals surface area contributed by atoms with E-state index in [1.165, 1.54) is 11.6 Å². The lowest BCUT2D eigenvalue weighted by atomic mass is 10.0. The third kappa shape index (κ3) is 5.42. The second kappa shape index (κ2) is 9.33. The maximum absolute atomic E-state index is 12.3. The molecule has 140 valence electrons. The van der Waals surface area contributed by atoms with Gasteiger partial charge in [-0.25, -0.2) is 4.79 Å². The number of benzene rings is 3. The molecule has 0 fully saturated rings. The lowest BCUT2D eigenvalue weighted by molar-refractivity contribution is -0.111. The number of anilines is 1. The van der Waals surface area contributed by atoms with Crippen LogP contribution in [0.3, 0.4) is 0 Å². The zero-order valence-electron chi connectivity index (χ0n) is 15.3. The van der Waals surface area contributed by atoms with Crippen molar-refractivity contribution in [3.8, 4) is 0 Å². The second-order valence-electron chi connectivity index (χ2n) is 6.40. The summed E-state index contributed by atoms with van der Waals surface area (Å²) < 4.78 is 0. The van der Waals surface area contributed by atoms with Crippen LogP contribution in [0.5, 0.6) is 0 Å². The summed E-state index contributed by atoms with van der Waals surface area (Å²) in [7, 11) is 0. The molecule has 3 aromatic rings. The summed E-state index contributed by atoms with van der Waals surface area (Å²) in [5, 5.41) is 12.1. The highest BCUT2D eigenvalue weighted by Gasteiger charge is 2.12. The highest BCUT2D eigenvalue weighted by molar-refractivity contribution is 6.06. The minimum absolute atomic E-state index is 0.0740. The zero-order chi connectivity index (χ0) is 19.8. The first kappa shape index (κ1) is 19.1. The maximum atomic E-state index is 12.3. The molecule has 3 aromatic carbocycles. The van der Waals surface area contributed by atoms with Gasteiger partial charge in [0.25, 0.3) is 0 Å². The quantitative estimate of drug-likeness (QED) is 0.585. The standard InChI is InChI=1S/C24H21NO3/c26-23(16-14-19-9-5-2-6-10-19)25-22-17-20(13-15-21(22)24(27)28)12-11-18-7-3-1-4-8-18/h1-10,13-17H,11-12H2,(H,25,26)(H,27,28)/b16-14+. The summed E-state index contributed by atoms with van der Waals surface area (Å²) in [4.78, 5) is 23.8. The minimum Gasteiger partial charge on any atom is -0.478 e. The van der Waals surface area contributed by atoms with Crippen molar-refractivity contribution in [3.63, 3.8) is 0 Å². The molecule has 1 amide bonds. The lowest BCUT2D eigenvalue weighted by Gasteiger charge is -2.10. The van der Waals surface area contributed by atoms with Crippen LogP contribution in [0.15, 0.2) is 84.9 Å². The topological polar surface area (TPSA) is 66.4 Å². The molecule has 0 aromatic heterocycles. The van der Waals surface area contributed by atoms with Crippen molar-refractivity contribution in [1.82, 2.24) is 0 Å². The number of carbonyl (C=O) groups is 2. The molecule has 0 spiro atoms. The van der Waals surface area contributed by atoms with Crippen LogP contribution in [0.2, 0.25) is 0 Å². The van der Waals surface area contributed by atoms with Crippen molar-refractivity contribution in [3.05, 3.63) is 107 Å². The van der Waals surface area contributed by atoms with Crippen molar-refractivity contribution >= 4 is 23.6 Å². The van der Waals surface area contributed by atoms with E-state index in [4.69, 9.17) is 0 Å². The van der Waals surface area contributed by atoms with Gasteiger partial charge in [-0.15, -0.1) is 0 Å². The molecule has 0 heterocycles. The number of aromatic carboxylic acids is 1. The second-order valence-corrected chi connectivity index (χ2v) is 6.40. The molecule has 0 saturated heterocycles. The fourth-order valence-electron chi connectivity index (χ4n) is 2.88. The molecule has 4 nitrogen and oxygen atoms in total. The monoisotopic (exact) mass is 371 g/mol. The minimum atomic E-state index is -1.07. The van der Waals surface area contributed by atoms with Gasteiger partial charge >= 0.3 is 5.97 Å². The van der Waals surface area contributed by atoms with Crippen LogP contribution in [0.4, 0.5) is 5.69 Å². The molecule has 0 bridgehead atoms. The van der Waals surface area contributed by atoms with Crippen LogP contribution in [-0.4, -0.2) is 17.0 Å². The van der Waals surface area contributed by atoms with Gasteiger partial charge < -0.3 is 10.4 Å². The van der Waals surface area contributed by atoms with Crippen molar-refractivity contribution in [2.75, 3.05) is 5.32 Å². The number of hydrogen-bond donors (Lipinski definition) is 2. The van der Waals surface area contributed by atoms with E-state index >= 15 is 0 Å². The Kier molecular flexibility index (Phi) is 6.37. The van der Waals surface area contributed by atoms with E-state index in [2.05, 4.69) is 17.4 Å². The molecule has 28 heavy (non-hydrogen) atoms. The summed E-state index contributed by atoms with van der Waals surface area (Å²) >= 11 is 0. The fourth-order valence-corrected chi connectivity index (χ4v) is 2.88. The van der Waals surface area contributed by atoms with Crippen LogP contribution < -0.4 is 5.32 Å². The van der Waals surface area contributed by atoms with E-state index in [1.807, 2.05) is 48.5 Å². The van der Waals surface area contributed by atoms with Gasteiger partial charge in [-0.1, -0.05) is 66.7 Å². The molecule has 0 aliphatic rings. The van der Waals surface area contributed by atoms with Crippen LogP contribution in [0.25, 0.3) is 6.08 Å². The average molecular weight is 371 g/mol. The Balaban J connectivity index is 1.73. The summed E-state index contributed by atoms with van der Waals surface area (Å²) in [6.07, 6.45) is 4.69.